The van der Waals surface area contributed by atoms with Gasteiger partial charge >= 0.3 is 0 Å². The lowest BCUT2D eigenvalue weighted by molar-refractivity contribution is -0.116. The monoisotopic (exact) mass is 492 g/mol. The van der Waals surface area contributed by atoms with Crippen molar-refractivity contribution in [2.75, 3.05) is 5.32 Å². The van der Waals surface area contributed by atoms with Crippen molar-refractivity contribution in [2.45, 2.75) is 6.54 Å². The van der Waals surface area contributed by atoms with E-state index in [2.05, 4.69) is 31.5 Å². The van der Waals surface area contributed by atoms with E-state index in [4.69, 9.17) is 0 Å². The molecule has 0 saturated carbocycles. The molecule has 4 aromatic rings. The number of amides is 2. The molecule has 0 atom stereocenters. The van der Waals surface area contributed by atoms with Crippen molar-refractivity contribution in [1.29, 1.82) is 0 Å². The summed E-state index contributed by atoms with van der Waals surface area (Å²) in [5.41, 5.74) is 1.22. The Morgan fingerprint density at radius 1 is 0.938 bits per heavy atom. The zero-order chi connectivity index (χ0) is 22.7. The second-order valence-electron chi connectivity index (χ2n) is 6.85. The highest BCUT2D eigenvalue weighted by Crippen LogP contribution is 2.39. The van der Waals surface area contributed by atoms with Gasteiger partial charge in [0.1, 0.15) is 12.3 Å². The molecular weight excluding hydrogens is 476 g/mol. The van der Waals surface area contributed by atoms with Crippen molar-refractivity contribution < 1.29 is 19.8 Å². The molecule has 3 aromatic carbocycles. The van der Waals surface area contributed by atoms with Gasteiger partial charge in [-0.2, -0.15) is 0 Å². The highest BCUT2D eigenvalue weighted by Gasteiger charge is 2.19. The maximum absolute atomic E-state index is 12.6. The molecule has 160 valence electrons. The standard InChI is InChI=1S/C23H17BrN4O4/c24-14-9-11-15(12-10-14)25-20(30)13-28-18-7-3-1-5-16(18)21(23(28)32)26-27-22(31)17-6-2-4-8-19(17)29/h1-12,29,32H,13H2,(H,25,30). The fraction of sp³-hybridized carbons (Fsp3) is 0.0435. The number of carbonyl (C=O) groups excluding carboxylic acids is 2. The molecule has 0 bridgehead atoms. The van der Waals surface area contributed by atoms with E-state index < -0.39 is 5.91 Å². The molecule has 32 heavy (non-hydrogen) atoms. The number of anilines is 1. The van der Waals surface area contributed by atoms with E-state index in [1.807, 2.05) is 0 Å². The summed E-state index contributed by atoms with van der Waals surface area (Å²) in [5.74, 6) is -1.62. The summed E-state index contributed by atoms with van der Waals surface area (Å²) in [6.07, 6.45) is 0. The first-order valence-corrected chi connectivity index (χ1v) is 10.3. The highest BCUT2D eigenvalue weighted by atomic mass is 79.9. The van der Waals surface area contributed by atoms with Gasteiger partial charge < -0.3 is 20.1 Å². The number of rotatable bonds is 5. The molecule has 0 spiro atoms. The summed E-state index contributed by atoms with van der Waals surface area (Å²) in [5, 5.41) is 31.5. The summed E-state index contributed by atoms with van der Waals surface area (Å²) < 4.78 is 2.28. The number of phenolic OH excluding ortho intramolecular Hbond substituents is 1. The molecule has 8 nitrogen and oxygen atoms in total. The molecule has 1 heterocycles. The molecule has 0 unspecified atom stereocenters. The number of carbonyl (C=O) groups is 2. The zero-order valence-corrected chi connectivity index (χ0v) is 18.2. The van der Waals surface area contributed by atoms with Gasteiger partial charge in [-0.25, -0.2) is 0 Å². The van der Waals surface area contributed by atoms with Crippen LogP contribution in [-0.2, 0) is 11.3 Å². The summed E-state index contributed by atoms with van der Waals surface area (Å²) in [4.78, 5) is 24.9. The second kappa shape index (κ2) is 9.03. The Labute approximate surface area is 191 Å². The fourth-order valence-electron chi connectivity index (χ4n) is 3.21. The summed E-state index contributed by atoms with van der Waals surface area (Å²) in [6, 6.07) is 20.0. The largest absolute Gasteiger partial charge is 0.507 e. The molecule has 0 radical (unpaired) electrons. The number of aromatic hydroxyl groups is 2. The Kier molecular flexibility index (Phi) is 6.00. The van der Waals surface area contributed by atoms with E-state index in [0.717, 1.165) is 4.47 Å². The molecule has 3 N–H and O–H groups in total. The van der Waals surface area contributed by atoms with E-state index in [1.165, 1.54) is 16.7 Å². The SMILES string of the molecule is O=C(Cn1c(O)c(N=NC(=O)c2ccccc2O)c2ccccc21)Nc1ccc(Br)cc1. The smallest absolute Gasteiger partial charge is 0.299 e. The second-order valence-corrected chi connectivity index (χ2v) is 7.77. The minimum absolute atomic E-state index is 0.00615. The number of halogens is 1. The number of hydrogen-bond acceptors (Lipinski definition) is 5. The Morgan fingerprint density at radius 3 is 2.38 bits per heavy atom. The maximum atomic E-state index is 12.6. The van der Waals surface area contributed by atoms with Gasteiger partial charge in [-0.3, -0.25) is 9.59 Å². The number of benzene rings is 3. The quantitative estimate of drug-likeness (QED) is 0.324. The number of azo groups is 1. The Balaban J connectivity index is 1.63. The van der Waals surface area contributed by atoms with Gasteiger partial charge in [-0.1, -0.05) is 46.3 Å². The first kappa shape index (κ1) is 21.3. The van der Waals surface area contributed by atoms with Crippen molar-refractivity contribution in [2.24, 2.45) is 10.2 Å². The van der Waals surface area contributed by atoms with Crippen LogP contribution in [-0.4, -0.2) is 26.6 Å². The molecule has 0 aliphatic heterocycles. The lowest BCUT2D eigenvalue weighted by atomic mass is 10.2. The van der Waals surface area contributed by atoms with Crippen LogP contribution < -0.4 is 5.32 Å². The van der Waals surface area contributed by atoms with E-state index >= 15 is 0 Å². The van der Waals surface area contributed by atoms with Gasteiger partial charge in [-0.05, 0) is 42.5 Å². The van der Waals surface area contributed by atoms with Crippen LogP contribution in [0, 0.1) is 0 Å². The predicted molar refractivity (Wildman–Crippen MR) is 123 cm³/mol. The third-order valence-corrected chi connectivity index (χ3v) is 5.25. The molecule has 4 rings (SSSR count). The van der Waals surface area contributed by atoms with Gasteiger partial charge in [0, 0.05) is 15.5 Å². The highest BCUT2D eigenvalue weighted by molar-refractivity contribution is 9.10. The summed E-state index contributed by atoms with van der Waals surface area (Å²) in [6.45, 7) is -0.175. The summed E-state index contributed by atoms with van der Waals surface area (Å²) in [7, 11) is 0. The topological polar surface area (TPSA) is 116 Å². The minimum Gasteiger partial charge on any atom is -0.507 e. The normalized spacial score (nSPS) is 11.2. The molecule has 0 aliphatic rings. The van der Waals surface area contributed by atoms with E-state index in [1.54, 1.807) is 60.7 Å². The summed E-state index contributed by atoms with van der Waals surface area (Å²) >= 11 is 3.34. The lowest BCUT2D eigenvalue weighted by Gasteiger charge is -2.08. The molecule has 9 heteroatoms. The third kappa shape index (κ3) is 4.37. The van der Waals surface area contributed by atoms with Crippen LogP contribution in [0.1, 0.15) is 10.4 Å². The van der Waals surface area contributed by atoms with Crippen LogP contribution in [0.25, 0.3) is 10.9 Å². The van der Waals surface area contributed by atoms with Crippen molar-refractivity contribution in [3.8, 4) is 11.6 Å². The third-order valence-electron chi connectivity index (χ3n) is 4.72. The maximum Gasteiger partial charge on any atom is 0.299 e. The number of aromatic nitrogens is 1. The average molecular weight is 493 g/mol. The Morgan fingerprint density at radius 2 is 1.62 bits per heavy atom. The number of para-hydroxylation sites is 2. The van der Waals surface area contributed by atoms with E-state index in [-0.39, 0.29) is 35.3 Å². The number of nitrogens with zero attached hydrogens (tertiary/aromatic N) is 3. The molecule has 2 amide bonds. The van der Waals surface area contributed by atoms with Crippen molar-refractivity contribution in [3.63, 3.8) is 0 Å². The van der Waals surface area contributed by atoms with E-state index in [0.29, 0.717) is 16.6 Å². The van der Waals surface area contributed by atoms with Gasteiger partial charge in [0.2, 0.25) is 11.8 Å². The van der Waals surface area contributed by atoms with Crippen LogP contribution >= 0.6 is 15.9 Å². The number of fused-ring (bicyclic) bond motifs is 1. The number of hydrogen-bond donors (Lipinski definition) is 3. The number of phenols is 1. The molecule has 0 aliphatic carbocycles. The van der Waals surface area contributed by atoms with Crippen molar-refractivity contribution in [1.82, 2.24) is 4.57 Å². The molecule has 0 fully saturated rings. The molecule has 0 saturated heterocycles. The van der Waals surface area contributed by atoms with Crippen LogP contribution in [0.2, 0.25) is 0 Å². The first-order valence-electron chi connectivity index (χ1n) is 9.53. The fourth-order valence-corrected chi connectivity index (χ4v) is 3.48. The predicted octanol–water partition coefficient (Wildman–Crippen LogP) is 5.38. The van der Waals surface area contributed by atoms with Crippen LogP contribution in [0.15, 0.2) is 87.5 Å². The van der Waals surface area contributed by atoms with Gasteiger partial charge in [-0.15, -0.1) is 10.2 Å². The van der Waals surface area contributed by atoms with Crippen molar-refractivity contribution in [3.05, 3.63) is 82.8 Å². The molecule has 1 aromatic heterocycles. The van der Waals surface area contributed by atoms with Crippen LogP contribution in [0.4, 0.5) is 11.4 Å². The van der Waals surface area contributed by atoms with Crippen LogP contribution in [0.5, 0.6) is 11.6 Å². The first-order chi connectivity index (χ1) is 15.4. The molecular formula is C23H17BrN4O4. The van der Waals surface area contributed by atoms with Crippen LogP contribution in [0.3, 0.4) is 0 Å². The number of nitrogens with one attached hydrogen (secondary N) is 1. The zero-order valence-electron chi connectivity index (χ0n) is 16.6. The van der Waals surface area contributed by atoms with Crippen molar-refractivity contribution >= 4 is 50.0 Å². The Bertz CT molecular complexity index is 1350. The van der Waals surface area contributed by atoms with Gasteiger partial charge in [0.15, 0.2) is 5.69 Å². The average Bonchev–Trinajstić information content (AvgIpc) is 3.05. The lowest BCUT2D eigenvalue weighted by Crippen LogP contribution is -2.18. The van der Waals surface area contributed by atoms with E-state index in [9.17, 15) is 19.8 Å². The van der Waals surface area contributed by atoms with Gasteiger partial charge in [0.05, 0.1) is 11.1 Å². The van der Waals surface area contributed by atoms with Gasteiger partial charge in [0.25, 0.3) is 5.91 Å². The minimum atomic E-state index is -0.757. The Hall–Kier alpha value is -3.98.